The minimum atomic E-state index is -3.71. The fourth-order valence-electron chi connectivity index (χ4n) is 2.40. The molecule has 3 rings (SSSR count). The highest BCUT2D eigenvalue weighted by Crippen LogP contribution is 2.12. The van der Waals surface area contributed by atoms with Gasteiger partial charge in [-0.25, -0.2) is 18.5 Å². The minimum Gasteiger partial charge on any atom is -0.347 e. The smallest absolute Gasteiger partial charge is 0.272 e. The summed E-state index contributed by atoms with van der Waals surface area (Å²) in [6.07, 6.45) is 1.85. The highest BCUT2D eigenvalue weighted by atomic mass is 32.2. The lowest BCUT2D eigenvalue weighted by atomic mass is 10.2. The summed E-state index contributed by atoms with van der Waals surface area (Å²) in [5.74, 6) is -0.285. The number of hydrogen-bond acceptors (Lipinski definition) is 4. The summed E-state index contributed by atoms with van der Waals surface area (Å²) in [5, 5.41) is 7.83. The topological polar surface area (TPSA) is 107 Å². The molecule has 7 nitrogen and oxygen atoms in total. The Kier molecular flexibility index (Phi) is 4.08. The van der Waals surface area contributed by atoms with Gasteiger partial charge in [-0.15, -0.1) is 0 Å². The summed E-state index contributed by atoms with van der Waals surface area (Å²) < 4.78 is 24.3. The number of aromatic nitrogens is 2. The summed E-state index contributed by atoms with van der Waals surface area (Å²) in [6, 6.07) is 11.6. The van der Waals surface area contributed by atoms with Crippen LogP contribution in [0.15, 0.2) is 53.6 Å². The van der Waals surface area contributed by atoms with Crippen LogP contribution >= 0.6 is 0 Å². The number of sulfonamides is 1. The van der Waals surface area contributed by atoms with Gasteiger partial charge in [-0.1, -0.05) is 18.2 Å². The van der Waals surface area contributed by atoms with Crippen molar-refractivity contribution in [3.8, 4) is 0 Å². The fraction of sp³-hybridized carbons (Fsp3) is 0.125. The van der Waals surface area contributed by atoms with Crippen LogP contribution in [0.25, 0.3) is 5.65 Å². The molecule has 1 aromatic carbocycles. The summed E-state index contributed by atoms with van der Waals surface area (Å²) in [7, 11) is -3.71. The summed E-state index contributed by atoms with van der Waals surface area (Å²) >= 11 is 0. The summed E-state index contributed by atoms with van der Waals surface area (Å²) in [5.41, 5.74) is 2.59. The Labute approximate surface area is 139 Å². The van der Waals surface area contributed by atoms with E-state index in [0.717, 1.165) is 11.3 Å². The number of carbonyl (C=O) groups is 1. The minimum absolute atomic E-state index is 0.0359. The SMILES string of the molecule is Cc1c(C(=O)NCc2ccc(S(N)(=O)=O)cc2)nc2ccccn12. The van der Waals surface area contributed by atoms with E-state index < -0.39 is 10.0 Å². The van der Waals surface area contributed by atoms with Crippen LogP contribution in [0.2, 0.25) is 0 Å². The van der Waals surface area contributed by atoms with Gasteiger partial charge in [-0.05, 0) is 36.8 Å². The van der Waals surface area contributed by atoms with Crippen LogP contribution in [0.5, 0.6) is 0 Å². The van der Waals surface area contributed by atoms with Crippen molar-refractivity contribution in [3.63, 3.8) is 0 Å². The molecule has 0 aliphatic carbocycles. The van der Waals surface area contributed by atoms with E-state index in [2.05, 4.69) is 10.3 Å². The van der Waals surface area contributed by atoms with Crippen molar-refractivity contribution in [2.75, 3.05) is 0 Å². The van der Waals surface area contributed by atoms with Gasteiger partial charge in [0.25, 0.3) is 5.91 Å². The quantitative estimate of drug-likeness (QED) is 0.742. The molecule has 0 atom stereocenters. The van der Waals surface area contributed by atoms with E-state index in [1.165, 1.54) is 12.1 Å². The number of hydrogen-bond donors (Lipinski definition) is 2. The predicted octanol–water partition coefficient (Wildman–Crippen LogP) is 1.22. The van der Waals surface area contributed by atoms with Crippen LogP contribution < -0.4 is 10.5 Å². The first-order chi connectivity index (χ1) is 11.4. The van der Waals surface area contributed by atoms with Gasteiger partial charge < -0.3 is 9.72 Å². The fourth-order valence-corrected chi connectivity index (χ4v) is 2.91. The molecule has 0 saturated heterocycles. The molecule has 0 saturated carbocycles. The molecule has 3 N–H and O–H groups in total. The maximum Gasteiger partial charge on any atom is 0.272 e. The third-order valence-corrected chi connectivity index (χ3v) is 4.62. The molecule has 124 valence electrons. The van der Waals surface area contributed by atoms with Gasteiger partial charge in [-0.3, -0.25) is 4.79 Å². The largest absolute Gasteiger partial charge is 0.347 e. The number of benzene rings is 1. The van der Waals surface area contributed by atoms with Crippen molar-refractivity contribution in [1.82, 2.24) is 14.7 Å². The summed E-state index contributed by atoms with van der Waals surface area (Å²) in [6.45, 7) is 2.09. The van der Waals surface area contributed by atoms with Crippen LogP contribution in [-0.2, 0) is 16.6 Å². The number of aryl methyl sites for hydroxylation is 1. The summed E-state index contributed by atoms with van der Waals surface area (Å²) in [4.78, 5) is 16.7. The normalized spacial score (nSPS) is 11.6. The number of fused-ring (bicyclic) bond motifs is 1. The molecular weight excluding hydrogens is 328 g/mol. The van der Waals surface area contributed by atoms with Gasteiger partial charge in [0.15, 0.2) is 0 Å². The number of amides is 1. The van der Waals surface area contributed by atoms with E-state index in [1.807, 2.05) is 35.7 Å². The highest BCUT2D eigenvalue weighted by Gasteiger charge is 2.15. The van der Waals surface area contributed by atoms with Gasteiger partial charge in [0.1, 0.15) is 11.3 Å². The highest BCUT2D eigenvalue weighted by molar-refractivity contribution is 7.89. The Morgan fingerprint density at radius 3 is 2.54 bits per heavy atom. The van der Waals surface area contributed by atoms with Crippen LogP contribution in [0.1, 0.15) is 21.7 Å². The Bertz CT molecular complexity index is 1010. The first kappa shape index (κ1) is 16.2. The van der Waals surface area contributed by atoms with E-state index >= 15 is 0 Å². The first-order valence-electron chi connectivity index (χ1n) is 7.20. The molecule has 24 heavy (non-hydrogen) atoms. The van der Waals surface area contributed by atoms with Gasteiger partial charge in [-0.2, -0.15) is 0 Å². The number of nitrogens with zero attached hydrogens (tertiary/aromatic N) is 2. The second kappa shape index (κ2) is 6.06. The van der Waals surface area contributed by atoms with Gasteiger partial charge in [0.05, 0.1) is 10.6 Å². The van der Waals surface area contributed by atoms with E-state index in [0.29, 0.717) is 11.3 Å². The molecule has 8 heteroatoms. The molecule has 0 radical (unpaired) electrons. The zero-order valence-electron chi connectivity index (χ0n) is 12.9. The molecule has 0 spiro atoms. The Morgan fingerprint density at radius 2 is 1.92 bits per heavy atom. The molecule has 1 amide bonds. The number of nitrogens with one attached hydrogen (secondary N) is 1. The van der Waals surface area contributed by atoms with Crippen LogP contribution in [0, 0.1) is 6.92 Å². The van der Waals surface area contributed by atoms with E-state index in [4.69, 9.17) is 5.14 Å². The molecule has 2 heterocycles. The van der Waals surface area contributed by atoms with E-state index in [9.17, 15) is 13.2 Å². The lowest BCUT2D eigenvalue weighted by Gasteiger charge is -2.05. The Morgan fingerprint density at radius 1 is 1.21 bits per heavy atom. The maximum absolute atomic E-state index is 12.3. The average Bonchev–Trinajstić information content (AvgIpc) is 2.90. The van der Waals surface area contributed by atoms with Gasteiger partial charge in [0.2, 0.25) is 10.0 Å². The monoisotopic (exact) mass is 344 g/mol. The number of carbonyl (C=O) groups excluding carboxylic acids is 1. The molecule has 3 aromatic rings. The number of rotatable bonds is 4. The van der Waals surface area contributed by atoms with Crippen molar-refractivity contribution in [1.29, 1.82) is 0 Å². The van der Waals surface area contributed by atoms with Gasteiger partial charge >= 0.3 is 0 Å². The molecule has 0 unspecified atom stereocenters. The third-order valence-electron chi connectivity index (χ3n) is 3.69. The number of pyridine rings is 1. The number of nitrogens with two attached hydrogens (primary N) is 1. The second-order valence-corrected chi connectivity index (χ2v) is 6.91. The lowest BCUT2D eigenvalue weighted by molar-refractivity contribution is 0.0946. The van der Waals surface area contributed by atoms with Crippen LogP contribution in [-0.4, -0.2) is 23.7 Å². The predicted molar refractivity (Wildman–Crippen MR) is 88.9 cm³/mol. The molecule has 0 fully saturated rings. The number of imidazole rings is 1. The van der Waals surface area contributed by atoms with Crippen LogP contribution in [0.4, 0.5) is 0 Å². The molecule has 2 aromatic heterocycles. The van der Waals surface area contributed by atoms with Gasteiger partial charge in [0, 0.05) is 12.7 Å². The molecule has 0 bridgehead atoms. The second-order valence-electron chi connectivity index (χ2n) is 5.35. The Hall–Kier alpha value is -2.71. The molecular formula is C16H16N4O3S. The third kappa shape index (κ3) is 3.15. The number of primary sulfonamides is 1. The average molecular weight is 344 g/mol. The standard InChI is InChI=1S/C16H16N4O3S/c1-11-15(19-14-4-2-3-9-20(11)14)16(21)18-10-12-5-7-13(8-6-12)24(17,22)23/h2-9H,10H2,1H3,(H,18,21)(H2,17,22,23). The maximum atomic E-state index is 12.3. The molecule has 0 aliphatic heterocycles. The van der Waals surface area contributed by atoms with Crippen LogP contribution in [0.3, 0.4) is 0 Å². The lowest BCUT2D eigenvalue weighted by Crippen LogP contribution is -2.24. The molecule has 0 aliphatic rings. The Balaban J connectivity index is 1.74. The van der Waals surface area contributed by atoms with Crippen molar-refractivity contribution in [2.24, 2.45) is 5.14 Å². The van der Waals surface area contributed by atoms with Crippen molar-refractivity contribution in [2.45, 2.75) is 18.4 Å². The van der Waals surface area contributed by atoms with Crippen molar-refractivity contribution in [3.05, 3.63) is 65.6 Å². The van der Waals surface area contributed by atoms with E-state index in [-0.39, 0.29) is 17.3 Å². The van der Waals surface area contributed by atoms with E-state index in [1.54, 1.807) is 12.1 Å². The van der Waals surface area contributed by atoms with Crippen molar-refractivity contribution < 1.29 is 13.2 Å². The zero-order chi connectivity index (χ0) is 17.3. The first-order valence-corrected chi connectivity index (χ1v) is 8.74. The van der Waals surface area contributed by atoms with Crippen molar-refractivity contribution >= 4 is 21.6 Å². The zero-order valence-corrected chi connectivity index (χ0v) is 13.7.